The molecular weight excluding hydrogens is 715 g/mol. The summed E-state index contributed by atoms with van der Waals surface area (Å²) in [6.07, 6.45) is 2.77. The van der Waals surface area contributed by atoms with E-state index in [4.69, 9.17) is 32.7 Å². The number of anilines is 1. The van der Waals surface area contributed by atoms with Gasteiger partial charge in [-0.1, -0.05) is 29.3 Å². The molecule has 6 rings (SSSR count). The molecule has 3 heterocycles. The minimum atomic E-state index is -4.21. The molecule has 11 nitrogen and oxygen atoms in total. The Morgan fingerprint density at radius 1 is 1.12 bits per heavy atom. The summed E-state index contributed by atoms with van der Waals surface area (Å²) in [5.41, 5.74) is 1.73. The topological polar surface area (TPSA) is 129 Å². The molecule has 256 valence electrons. The van der Waals surface area contributed by atoms with Crippen molar-refractivity contribution in [1.82, 2.24) is 4.31 Å². The number of carbonyl (C=O) groups is 2. The summed E-state index contributed by atoms with van der Waals surface area (Å²) < 4.78 is 72.0. The molecule has 1 aliphatic carbocycles. The third-order valence-electron chi connectivity index (χ3n) is 8.28. The lowest BCUT2D eigenvalue weighted by molar-refractivity contribution is -0.605. The van der Waals surface area contributed by atoms with Gasteiger partial charge >= 0.3 is 12.6 Å². The van der Waals surface area contributed by atoms with Gasteiger partial charge in [-0.05, 0) is 60.2 Å². The zero-order valence-electron chi connectivity index (χ0n) is 25.3. The average molecular weight is 745 g/mol. The Balaban J connectivity index is 1.31. The van der Waals surface area contributed by atoms with Gasteiger partial charge in [0.2, 0.25) is 15.9 Å². The van der Waals surface area contributed by atoms with Crippen LogP contribution < -0.4 is 19.1 Å². The Morgan fingerprint density at radius 2 is 1.85 bits per heavy atom. The normalized spacial score (nSPS) is 18.7. The molecule has 1 amide bonds. The predicted octanol–water partition coefficient (Wildman–Crippen LogP) is 5.13. The van der Waals surface area contributed by atoms with E-state index in [1.54, 1.807) is 13.1 Å². The van der Waals surface area contributed by atoms with Gasteiger partial charge in [0.05, 0.1) is 23.8 Å². The second-order valence-electron chi connectivity index (χ2n) is 11.6. The summed E-state index contributed by atoms with van der Waals surface area (Å²) in [5, 5.41) is 11.9. The monoisotopic (exact) mass is 743 g/mol. The molecule has 2 aliphatic heterocycles. The Morgan fingerprint density at radius 3 is 2.54 bits per heavy atom. The maximum Gasteiger partial charge on any atom is 0.387 e. The maximum absolute atomic E-state index is 13.9. The van der Waals surface area contributed by atoms with E-state index in [-0.39, 0.29) is 74.9 Å². The Hall–Kier alpha value is -3.37. The van der Waals surface area contributed by atoms with Crippen LogP contribution in [0.4, 0.5) is 14.5 Å². The van der Waals surface area contributed by atoms with Crippen LogP contribution in [0.1, 0.15) is 35.6 Å². The molecule has 3 aliphatic rings. The highest BCUT2D eigenvalue weighted by molar-refractivity contribution is 8.00. The molecule has 2 aromatic carbocycles. The molecule has 1 saturated carbocycles. The fraction of sp³-hybridized carbons (Fsp3) is 0.387. The van der Waals surface area contributed by atoms with E-state index in [0.717, 1.165) is 29.5 Å². The zero-order valence-corrected chi connectivity index (χ0v) is 28.5. The van der Waals surface area contributed by atoms with Crippen molar-refractivity contribution in [3.8, 4) is 11.5 Å². The number of esters is 1. The Labute approximate surface area is 289 Å². The van der Waals surface area contributed by atoms with E-state index in [1.165, 1.54) is 47.0 Å². The number of hydrogen-bond acceptors (Lipinski definition) is 9. The summed E-state index contributed by atoms with van der Waals surface area (Å²) >= 11 is 13.9. The van der Waals surface area contributed by atoms with Crippen molar-refractivity contribution in [2.45, 2.75) is 49.3 Å². The highest BCUT2D eigenvalue weighted by atomic mass is 35.5. The Kier molecular flexibility index (Phi) is 9.96. The van der Waals surface area contributed by atoms with Crippen molar-refractivity contribution >= 4 is 62.6 Å². The number of pyridine rings is 1. The second-order valence-corrected chi connectivity index (χ2v) is 15.3. The molecule has 2 atom stereocenters. The molecule has 1 saturated heterocycles. The number of carbonyl (C=O) groups excluding carboxylic acids is 2. The number of likely N-dealkylation sites (N-methyl/N-ethyl adjacent to an activating group) is 1. The fourth-order valence-corrected chi connectivity index (χ4v) is 9.25. The number of fused-ring (bicyclic) bond motifs is 1. The van der Waals surface area contributed by atoms with E-state index in [9.17, 15) is 32.0 Å². The lowest BCUT2D eigenvalue weighted by Crippen LogP contribution is -2.43. The molecule has 0 spiro atoms. The van der Waals surface area contributed by atoms with E-state index in [0.29, 0.717) is 21.5 Å². The first-order valence-electron chi connectivity index (χ1n) is 14.8. The van der Waals surface area contributed by atoms with Crippen LogP contribution in [0.25, 0.3) is 0 Å². The number of aromatic nitrogens is 1. The summed E-state index contributed by atoms with van der Waals surface area (Å²) in [5.74, 6) is -0.901. The first kappa shape index (κ1) is 34.5. The number of hydrogen-bond donors (Lipinski definition) is 0. The molecule has 3 aromatic rings. The van der Waals surface area contributed by atoms with Crippen LogP contribution in [-0.2, 0) is 37.2 Å². The van der Waals surface area contributed by atoms with Gasteiger partial charge in [-0.15, -0.1) is 11.8 Å². The van der Waals surface area contributed by atoms with E-state index >= 15 is 0 Å². The van der Waals surface area contributed by atoms with Gasteiger partial charge < -0.3 is 24.3 Å². The summed E-state index contributed by atoms with van der Waals surface area (Å²) in [6.45, 7) is -2.85. The van der Waals surface area contributed by atoms with Crippen LogP contribution in [0, 0.1) is 11.1 Å². The lowest BCUT2D eigenvalue weighted by atomic mass is 10.0. The largest absolute Gasteiger partial charge is 0.619 e. The number of amides is 1. The van der Waals surface area contributed by atoms with Gasteiger partial charge in [0.15, 0.2) is 23.9 Å². The molecule has 0 unspecified atom stereocenters. The van der Waals surface area contributed by atoms with Gasteiger partial charge in [-0.25, -0.2) is 8.42 Å². The van der Waals surface area contributed by atoms with Gasteiger partial charge in [0, 0.05) is 30.5 Å². The molecule has 0 N–H and O–H groups in total. The molecule has 17 heteroatoms. The number of alkyl halides is 2. The van der Waals surface area contributed by atoms with Gasteiger partial charge in [0.25, 0.3) is 0 Å². The number of nitrogens with zero attached hydrogens (tertiary/aromatic N) is 3. The van der Waals surface area contributed by atoms with Gasteiger partial charge in [-0.3, -0.25) is 9.59 Å². The van der Waals surface area contributed by atoms with Gasteiger partial charge in [0.1, 0.15) is 22.2 Å². The zero-order chi connectivity index (χ0) is 34.3. The van der Waals surface area contributed by atoms with Crippen LogP contribution in [0.15, 0.2) is 53.7 Å². The average Bonchev–Trinajstić information content (AvgIpc) is 3.63. The van der Waals surface area contributed by atoms with Crippen molar-refractivity contribution in [1.29, 1.82) is 0 Å². The third kappa shape index (κ3) is 7.30. The van der Waals surface area contributed by atoms with E-state index < -0.39 is 34.7 Å². The Bertz CT molecular complexity index is 1840. The smallest absolute Gasteiger partial charge is 0.387 e. The minimum absolute atomic E-state index is 0.00441. The van der Waals surface area contributed by atoms with Crippen molar-refractivity contribution in [2.75, 3.05) is 30.2 Å². The molecule has 0 bridgehead atoms. The molecule has 1 aromatic heterocycles. The van der Waals surface area contributed by atoms with Crippen molar-refractivity contribution in [3.05, 3.63) is 80.7 Å². The van der Waals surface area contributed by atoms with Crippen LogP contribution >= 0.6 is 35.0 Å². The first-order valence-corrected chi connectivity index (χ1v) is 18.1. The fourth-order valence-electron chi connectivity index (χ4n) is 5.47. The van der Waals surface area contributed by atoms with Crippen LogP contribution in [0.5, 0.6) is 11.5 Å². The number of rotatable bonds is 12. The van der Waals surface area contributed by atoms with E-state index in [1.807, 2.05) is 0 Å². The summed E-state index contributed by atoms with van der Waals surface area (Å²) in [4.78, 5) is 27.4. The number of thioether (sulfide) groups is 1. The standard InChI is InChI=1S/C31H29Cl2F2N3O8S2/c1-36-24-6-5-20(8-19(24)10-29(36)39)48(42,43)38-16-47-15-25(38)30(40)45-27(11-21-22(32)12-37(41)13-23(21)33)18-4-7-26(46-31(34)35)28(9-18)44-14-17-2-3-17/h4-9,12-13,17,25,27,31H,2-3,10-11,14-16H2,1H3/t25-,27-/m0/s1. The minimum Gasteiger partial charge on any atom is -0.619 e. The molecular formula is C31H29Cl2F2N3O8S2. The quantitative estimate of drug-likeness (QED) is 0.141. The van der Waals surface area contributed by atoms with E-state index in [2.05, 4.69) is 4.74 Å². The number of sulfonamides is 1. The lowest BCUT2D eigenvalue weighted by Gasteiger charge is -2.26. The summed E-state index contributed by atoms with van der Waals surface area (Å²) in [7, 11) is -2.60. The molecule has 2 fully saturated rings. The predicted molar refractivity (Wildman–Crippen MR) is 173 cm³/mol. The number of benzene rings is 2. The van der Waals surface area contributed by atoms with Gasteiger partial charge in [-0.2, -0.15) is 17.8 Å². The maximum atomic E-state index is 13.9. The highest BCUT2D eigenvalue weighted by Crippen LogP contribution is 2.39. The molecule has 0 radical (unpaired) electrons. The van der Waals surface area contributed by atoms with Crippen molar-refractivity contribution < 1.29 is 45.7 Å². The summed E-state index contributed by atoms with van der Waals surface area (Å²) in [6, 6.07) is 7.26. The van der Waals surface area contributed by atoms with Crippen molar-refractivity contribution in [3.63, 3.8) is 0 Å². The second kappa shape index (κ2) is 13.9. The molecule has 48 heavy (non-hydrogen) atoms. The van der Waals surface area contributed by atoms with Crippen LogP contribution in [-0.4, -0.2) is 62.5 Å². The number of ether oxygens (including phenoxy) is 3. The highest BCUT2D eigenvalue weighted by Gasteiger charge is 2.42. The van der Waals surface area contributed by atoms with Crippen LogP contribution in [0.2, 0.25) is 10.0 Å². The van der Waals surface area contributed by atoms with Crippen molar-refractivity contribution in [2.24, 2.45) is 5.92 Å². The first-order chi connectivity index (χ1) is 22.8. The third-order valence-corrected chi connectivity index (χ3v) is 12.0. The SMILES string of the molecule is CN1C(=O)Cc2cc(S(=O)(=O)N3CSC[C@H]3C(=O)O[C@@H](Cc3c(Cl)c[n+]([O-])cc3Cl)c3ccc(OC(F)F)c(OCC4CC4)c3)ccc21. The number of halogens is 4. The van der Waals surface area contributed by atoms with Crippen LogP contribution in [0.3, 0.4) is 0 Å².